The van der Waals surface area contributed by atoms with E-state index < -0.39 is 11.9 Å². The van der Waals surface area contributed by atoms with Crippen molar-refractivity contribution < 1.29 is 19.1 Å². The summed E-state index contributed by atoms with van der Waals surface area (Å²) in [5.41, 5.74) is 0.371. The molecule has 0 aromatic carbocycles. The number of rotatable bonds is 22. The van der Waals surface area contributed by atoms with E-state index in [4.69, 9.17) is 9.47 Å². The van der Waals surface area contributed by atoms with Crippen LogP contribution >= 0.6 is 0 Å². The van der Waals surface area contributed by atoms with Crippen LogP contribution in [0.15, 0.2) is 37.0 Å². The second-order valence-electron chi connectivity index (χ2n) is 8.49. The first-order valence-electron chi connectivity index (χ1n) is 12.8. The van der Waals surface area contributed by atoms with E-state index in [0.29, 0.717) is 12.0 Å². The number of unbranched alkanes of at least 4 members (excludes halogenated alkanes) is 13. The van der Waals surface area contributed by atoms with Gasteiger partial charge in [-0.15, -0.1) is 0 Å². The lowest BCUT2D eigenvalue weighted by Crippen LogP contribution is -2.25. The van der Waals surface area contributed by atoms with Crippen molar-refractivity contribution in [1.29, 1.82) is 0 Å². The molecule has 4 heteroatoms. The molecule has 32 heavy (non-hydrogen) atoms. The van der Waals surface area contributed by atoms with Gasteiger partial charge in [0.1, 0.15) is 13.2 Å². The van der Waals surface area contributed by atoms with Crippen LogP contribution in [0.5, 0.6) is 0 Å². The third kappa shape index (κ3) is 15.9. The van der Waals surface area contributed by atoms with E-state index in [0.717, 1.165) is 19.3 Å². The van der Waals surface area contributed by atoms with Gasteiger partial charge in [-0.3, -0.25) is 4.79 Å². The molecule has 0 bridgehead atoms. The Morgan fingerprint density at radius 3 is 1.59 bits per heavy atom. The molecule has 0 aliphatic carbocycles. The molecule has 1 atom stereocenters. The van der Waals surface area contributed by atoms with Crippen molar-refractivity contribution in [3.05, 3.63) is 37.0 Å². The lowest BCUT2D eigenvalue weighted by Gasteiger charge is -2.18. The average Bonchev–Trinajstić information content (AvgIpc) is 2.80. The zero-order valence-electron chi connectivity index (χ0n) is 20.9. The van der Waals surface area contributed by atoms with Gasteiger partial charge < -0.3 is 9.47 Å². The Hall–Kier alpha value is -1.84. The minimum Gasteiger partial charge on any atom is -0.461 e. The lowest BCUT2D eigenvalue weighted by molar-refractivity contribution is -0.149. The van der Waals surface area contributed by atoms with Crippen LogP contribution in [0.25, 0.3) is 0 Å². The number of hydrogen-bond donors (Lipinski definition) is 0. The van der Waals surface area contributed by atoms with Gasteiger partial charge in [0.25, 0.3) is 0 Å². The van der Waals surface area contributed by atoms with Crippen molar-refractivity contribution >= 4 is 11.9 Å². The number of esters is 2. The quantitative estimate of drug-likeness (QED) is 0.0731. The Labute approximate surface area is 197 Å². The summed E-state index contributed by atoms with van der Waals surface area (Å²) in [7, 11) is 0. The number of allylic oxidation sites excluding steroid dienone is 1. The highest BCUT2D eigenvalue weighted by Crippen LogP contribution is 2.23. The van der Waals surface area contributed by atoms with Gasteiger partial charge in [0, 0.05) is 5.57 Å². The maximum absolute atomic E-state index is 12.5. The van der Waals surface area contributed by atoms with Crippen molar-refractivity contribution in [2.75, 3.05) is 13.2 Å². The first-order chi connectivity index (χ1) is 15.6. The standard InChI is InChI=1S/C28H48O4/c1-5-9-10-11-12-13-14-15-16-17-18-19-20-21-22-26(28(30)32-24-7-3)25(8-4)27(29)31-23-6-2/h6-8,26H,2-3,5,9-24H2,1,4H3/b25-8+. The largest absolute Gasteiger partial charge is 0.461 e. The summed E-state index contributed by atoms with van der Waals surface area (Å²) >= 11 is 0. The van der Waals surface area contributed by atoms with Crippen LogP contribution in [0, 0.1) is 5.92 Å². The Kier molecular flexibility index (Phi) is 21.1. The van der Waals surface area contributed by atoms with Crippen molar-refractivity contribution in [2.45, 2.75) is 110 Å². The minimum absolute atomic E-state index is 0.128. The maximum Gasteiger partial charge on any atom is 0.334 e. The van der Waals surface area contributed by atoms with Crippen LogP contribution in [-0.4, -0.2) is 25.2 Å². The van der Waals surface area contributed by atoms with Crippen LogP contribution < -0.4 is 0 Å². The second kappa shape index (κ2) is 22.4. The molecule has 0 heterocycles. The van der Waals surface area contributed by atoms with Crippen LogP contribution in [0.3, 0.4) is 0 Å². The zero-order chi connectivity index (χ0) is 23.9. The topological polar surface area (TPSA) is 52.6 Å². The number of carbonyl (C=O) groups excluding carboxylic acids is 2. The van der Waals surface area contributed by atoms with Gasteiger partial charge in [0.05, 0.1) is 5.92 Å². The molecular weight excluding hydrogens is 400 g/mol. The van der Waals surface area contributed by atoms with Crippen LogP contribution in [0.4, 0.5) is 0 Å². The molecule has 0 amide bonds. The number of carbonyl (C=O) groups is 2. The third-order valence-electron chi connectivity index (χ3n) is 5.73. The second-order valence-corrected chi connectivity index (χ2v) is 8.49. The van der Waals surface area contributed by atoms with Gasteiger partial charge in [-0.05, 0) is 13.3 Å². The fourth-order valence-electron chi connectivity index (χ4n) is 3.86. The predicted octanol–water partition coefficient (Wildman–Crippen LogP) is 7.88. The van der Waals surface area contributed by atoms with Gasteiger partial charge in [0.2, 0.25) is 0 Å². The smallest absolute Gasteiger partial charge is 0.334 e. The van der Waals surface area contributed by atoms with E-state index in [1.165, 1.54) is 82.8 Å². The molecule has 0 radical (unpaired) electrons. The maximum atomic E-state index is 12.5. The van der Waals surface area contributed by atoms with Gasteiger partial charge in [-0.25, -0.2) is 4.79 Å². The van der Waals surface area contributed by atoms with Crippen LogP contribution in [0.2, 0.25) is 0 Å². The van der Waals surface area contributed by atoms with E-state index in [2.05, 4.69) is 20.1 Å². The van der Waals surface area contributed by atoms with E-state index in [1.807, 2.05) is 0 Å². The first-order valence-corrected chi connectivity index (χ1v) is 12.8. The highest BCUT2D eigenvalue weighted by molar-refractivity contribution is 5.95. The van der Waals surface area contributed by atoms with Gasteiger partial charge >= 0.3 is 11.9 Å². The van der Waals surface area contributed by atoms with Crippen molar-refractivity contribution in [1.82, 2.24) is 0 Å². The molecule has 0 aliphatic heterocycles. The lowest BCUT2D eigenvalue weighted by atomic mass is 9.92. The summed E-state index contributed by atoms with van der Waals surface area (Å²) in [5.74, 6) is -1.45. The molecular formula is C28H48O4. The predicted molar refractivity (Wildman–Crippen MR) is 134 cm³/mol. The van der Waals surface area contributed by atoms with Gasteiger partial charge in [-0.2, -0.15) is 0 Å². The average molecular weight is 449 g/mol. The van der Waals surface area contributed by atoms with E-state index >= 15 is 0 Å². The van der Waals surface area contributed by atoms with Gasteiger partial charge in [0.15, 0.2) is 0 Å². The normalized spacial score (nSPS) is 12.2. The summed E-state index contributed by atoms with van der Waals surface area (Å²) in [6, 6.07) is 0. The summed E-state index contributed by atoms with van der Waals surface area (Å²) in [6.07, 6.45) is 23.3. The molecule has 1 unspecified atom stereocenters. The first kappa shape index (κ1) is 30.2. The SMILES string of the molecule is C=CCOC(=O)/C(=C/C)C(CCCCCCCCCCCCCCCC)C(=O)OCC=C. The highest BCUT2D eigenvalue weighted by Gasteiger charge is 2.29. The Morgan fingerprint density at radius 2 is 1.16 bits per heavy atom. The van der Waals surface area contributed by atoms with Crippen molar-refractivity contribution in [2.24, 2.45) is 5.92 Å². The summed E-state index contributed by atoms with van der Waals surface area (Å²) in [6.45, 7) is 11.4. The Morgan fingerprint density at radius 1 is 0.719 bits per heavy atom. The zero-order valence-corrected chi connectivity index (χ0v) is 20.9. The van der Waals surface area contributed by atoms with E-state index in [9.17, 15) is 9.59 Å². The Balaban J connectivity index is 4.13. The molecule has 0 aromatic rings. The van der Waals surface area contributed by atoms with Crippen LogP contribution in [0.1, 0.15) is 110 Å². The molecule has 184 valence electrons. The molecule has 0 N–H and O–H groups in total. The molecule has 0 fully saturated rings. The molecule has 0 saturated carbocycles. The van der Waals surface area contributed by atoms with Crippen molar-refractivity contribution in [3.63, 3.8) is 0 Å². The number of ether oxygens (including phenoxy) is 2. The molecule has 4 nitrogen and oxygen atoms in total. The monoisotopic (exact) mass is 448 g/mol. The molecule has 0 rings (SSSR count). The third-order valence-corrected chi connectivity index (χ3v) is 5.73. The Bertz CT molecular complexity index is 536. The van der Waals surface area contributed by atoms with Crippen LogP contribution in [-0.2, 0) is 19.1 Å². The number of hydrogen-bond acceptors (Lipinski definition) is 4. The highest BCUT2D eigenvalue weighted by atomic mass is 16.5. The fraction of sp³-hybridized carbons (Fsp3) is 0.714. The van der Waals surface area contributed by atoms with Crippen molar-refractivity contribution in [3.8, 4) is 0 Å². The molecule has 0 aliphatic rings. The minimum atomic E-state index is -0.588. The molecule has 0 saturated heterocycles. The summed E-state index contributed by atoms with van der Waals surface area (Å²) in [4.78, 5) is 24.8. The van der Waals surface area contributed by atoms with E-state index in [-0.39, 0.29) is 19.2 Å². The summed E-state index contributed by atoms with van der Waals surface area (Å²) < 4.78 is 10.4. The van der Waals surface area contributed by atoms with E-state index in [1.54, 1.807) is 13.0 Å². The fourth-order valence-corrected chi connectivity index (χ4v) is 3.86. The summed E-state index contributed by atoms with van der Waals surface area (Å²) in [5, 5.41) is 0. The molecule has 0 spiro atoms. The van der Waals surface area contributed by atoms with Gasteiger partial charge in [-0.1, -0.05) is 128 Å². The molecule has 0 aromatic heterocycles.